The van der Waals surface area contributed by atoms with Gasteiger partial charge >= 0.3 is 12.4 Å². The fourth-order valence-corrected chi connectivity index (χ4v) is 3.53. The number of fused-ring (bicyclic) bond motifs is 1. The fourth-order valence-electron chi connectivity index (χ4n) is 3.53. The SMILES string of the molecule is O=C(Nc1ccccc1OC(F)(F)F)N1CCCC(c2nc3ccccc3[nH]2)C1. The highest BCUT2D eigenvalue weighted by Gasteiger charge is 2.33. The topological polar surface area (TPSA) is 70.2 Å². The summed E-state index contributed by atoms with van der Waals surface area (Å²) < 4.78 is 41.8. The largest absolute Gasteiger partial charge is 0.573 e. The lowest BCUT2D eigenvalue weighted by molar-refractivity contribution is -0.274. The van der Waals surface area contributed by atoms with Crippen LogP contribution in [0.15, 0.2) is 48.5 Å². The Labute approximate surface area is 164 Å². The summed E-state index contributed by atoms with van der Waals surface area (Å²) in [6, 6.07) is 12.7. The maximum absolute atomic E-state index is 12.7. The van der Waals surface area contributed by atoms with Gasteiger partial charge in [0.15, 0.2) is 5.75 Å². The molecule has 1 aliphatic heterocycles. The molecule has 1 unspecified atom stereocenters. The molecule has 0 aliphatic carbocycles. The maximum atomic E-state index is 12.7. The molecule has 0 spiro atoms. The standard InChI is InChI=1S/C20H19F3N4O2/c21-20(22,23)29-17-10-4-3-9-16(17)26-19(28)27-11-5-6-13(12-27)18-24-14-7-1-2-8-15(14)25-18/h1-4,7-10,13H,5-6,11-12H2,(H,24,25)(H,26,28). The summed E-state index contributed by atoms with van der Waals surface area (Å²) in [4.78, 5) is 22.2. The van der Waals surface area contributed by atoms with Crippen LogP contribution < -0.4 is 10.1 Å². The van der Waals surface area contributed by atoms with Crippen molar-refractivity contribution in [3.05, 3.63) is 54.4 Å². The number of ether oxygens (including phenoxy) is 1. The van der Waals surface area contributed by atoms with Gasteiger partial charge in [0.1, 0.15) is 5.82 Å². The number of aromatic nitrogens is 2. The zero-order chi connectivity index (χ0) is 20.4. The van der Waals surface area contributed by atoms with Gasteiger partial charge in [-0.05, 0) is 37.1 Å². The number of alkyl halides is 3. The summed E-state index contributed by atoms with van der Waals surface area (Å²) in [5, 5.41) is 2.53. The summed E-state index contributed by atoms with van der Waals surface area (Å²) in [6.45, 7) is 0.943. The molecule has 4 rings (SSSR count). The van der Waals surface area contributed by atoms with Crippen molar-refractivity contribution in [1.82, 2.24) is 14.9 Å². The highest BCUT2D eigenvalue weighted by atomic mass is 19.4. The predicted octanol–water partition coefficient (Wildman–Crippen LogP) is 4.87. The van der Waals surface area contributed by atoms with Crippen LogP contribution >= 0.6 is 0 Å². The van der Waals surface area contributed by atoms with Crippen LogP contribution in [-0.4, -0.2) is 40.4 Å². The first-order chi connectivity index (χ1) is 13.9. The van der Waals surface area contributed by atoms with E-state index in [9.17, 15) is 18.0 Å². The van der Waals surface area contributed by atoms with Crippen LogP contribution in [0.2, 0.25) is 0 Å². The fraction of sp³-hybridized carbons (Fsp3) is 0.300. The minimum atomic E-state index is -4.83. The van der Waals surface area contributed by atoms with Crippen LogP contribution in [0.25, 0.3) is 11.0 Å². The number of anilines is 1. The van der Waals surface area contributed by atoms with Crippen LogP contribution in [-0.2, 0) is 0 Å². The lowest BCUT2D eigenvalue weighted by Crippen LogP contribution is -2.42. The molecule has 0 radical (unpaired) electrons. The number of H-pyrrole nitrogens is 1. The van der Waals surface area contributed by atoms with Crippen molar-refractivity contribution in [2.75, 3.05) is 18.4 Å². The van der Waals surface area contributed by atoms with E-state index in [1.165, 1.54) is 18.2 Å². The number of para-hydroxylation sites is 4. The predicted molar refractivity (Wildman–Crippen MR) is 102 cm³/mol. The third-order valence-electron chi connectivity index (χ3n) is 4.86. The van der Waals surface area contributed by atoms with Crippen molar-refractivity contribution in [3.8, 4) is 5.75 Å². The van der Waals surface area contributed by atoms with Gasteiger partial charge in [0, 0.05) is 19.0 Å². The number of hydrogen-bond donors (Lipinski definition) is 2. The Morgan fingerprint density at radius 1 is 1.17 bits per heavy atom. The number of carbonyl (C=O) groups excluding carboxylic acids is 1. The first-order valence-electron chi connectivity index (χ1n) is 9.24. The highest BCUT2D eigenvalue weighted by Crippen LogP contribution is 2.31. The van der Waals surface area contributed by atoms with E-state index < -0.39 is 18.1 Å². The number of nitrogens with zero attached hydrogens (tertiary/aromatic N) is 2. The van der Waals surface area contributed by atoms with E-state index in [4.69, 9.17) is 0 Å². The highest BCUT2D eigenvalue weighted by molar-refractivity contribution is 5.91. The number of nitrogens with one attached hydrogen (secondary N) is 2. The number of amides is 2. The third kappa shape index (κ3) is 4.44. The molecule has 1 atom stereocenters. The summed E-state index contributed by atoms with van der Waals surface area (Å²) in [7, 11) is 0. The molecule has 2 heterocycles. The molecule has 2 N–H and O–H groups in total. The zero-order valence-corrected chi connectivity index (χ0v) is 15.4. The molecule has 1 saturated heterocycles. The van der Waals surface area contributed by atoms with Crippen molar-refractivity contribution in [2.45, 2.75) is 25.1 Å². The Morgan fingerprint density at radius 3 is 2.72 bits per heavy atom. The molecule has 1 aromatic heterocycles. The molecule has 3 aromatic rings. The van der Waals surface area contributed by atoms with Crippen LogP contribution in [0.1, 0.15) is 24.6 Å². The quantitative estimate of drug-likeness (QED) is 0.654. The van der Waals surface area contributed by atoms with E-state index in [0.717, 1.165) is 35.8 Å². The van der Waals surface area contributed by atoms with Crippen LogP contribution in [0.4, 0.5) is 23.7 Å². The van der Waals surface area contributed by atoms with Gasteiger partial charge in [0.05, 0.1) is 16.7 Å². The lowest BCUT2D eigenvalue weighted by Gasteiger charge is -2.32. The van der Waals surface area contributed by atoms with Crippen molar-refractivity contribution in [1.29, 1.82) is 0 Å². The molecule has 29 heavy (non-hydrogen) atoms. The number of aromatic amines is 1. The van der Waals surface area contributed by atoms with Crippen molar-refractivity contribution < 1.29 is 22.7 Å². The third-order valence-corrected chi connectivity index (χ3v) is 4.86. The molecule has 2 aromatic carbocycles. The minimum Gasteiger partial charge on any atom is -0.404 e. The smallest absolute Gasteiger partial charge is 0.404 e. The first-order valence-corrected chi connectivity index (χ1v) is 9.24. The van der Waals surface area contributed by atoms with Crippen LogP contribution in [0.3, 0.4) is 0 Å². The van der Waals surface area contributed by atoms with E-state index >= 15 is 0 Å². The number of urea groups is 1. The number of imidazole rings is 1. The van der Waals surface area contributed by atoms with E-state index in [-0.39, 0.29) is 11.6 Å². The second kappa shape index (κ2) is 7.65. The number of carbonyl (C=O) groups is 1. The Morgan fingerprint density at radius 2 is 1.93 bits per heavy atom. The number of hydrogen-bond acceptors (Lipinski definition) is 3. The summed E-state index contributed by atoms with van der Waals surface area (Å²) >= 11 is 0. The van der Waals surface area contributed by atoms with Gasteiger partial charge in [0.25, 0.3) is 0 Å². The zero-order valence-electron chi connectivity index (χ0n) is 15.4. The van der Waals surface area contributed by atoms with E-state index in [0.29, 0.717) is 13.1 Å². The minimum absolute atomic E-state index is 0.0271. The van der Waals surface area contributed by atoms with Gasteiger partial charge in [0.2, 0.25) is 0 Å². The summed E-state index contributed by atoms with van der Waals surface area (Å²) in [5.74, 6) is 0.396. The number of rotatable bonds is 3. The second-order valence-corrected chi connectivity index (χ2v) is 6.90. The molecular formula is C20H19F3N4O2. The molecular weight excluding hydrogens is 385 g/mol. The van der Waals surface area contributed by atoms with E-state index in [2.05, 4.69) is 20.0 Å². The van der Waals surface area contributed by atoms with Gasteiger partial charge in [-0.15, -0.1) is 13.2 Å². The number of piperidine rings is 1. The monoisotopic (exact) mass is 404 g/mol. The molecule has 1 aliphatic rings. The molecule has 0 saturated carbocycles. The van der Waals surface area contributed by atoms with E-state index in [1.807, 2.05) is 24.3 Å². The van der Waals surface area contributed by atoms with Crippen molar-refractivity contribution >= 4 is 22.8 Å². The Bertz CT molecular complexity index is 985. The van der Waals surface area contributed by atoms with Crippen molar-refractivity contribution in [3.63, 3.8) is 0 Å². The molecule has 152 valence electrons. The normalized spacial score (nSPS) is 17.3. The Balaban J connectivity index is 1.47. The van der Waals surface area contributed by atoms with Crippen LogP contribution in [0, 0.1) is 0 Å². The van der Waals surface area contributed by atoms with Crippen LogP contribution in [0.5, 0.6) is 5.75 Å². The number of halogens is 3. The molecule has 2 amide bonds. The van der Waals surface area contributed by atoms with E-state index in [1.54, 1.807) is 4.90 Å². The Kier molecular flexibility index (Phi) is 5.04. The average Bonchev–Trinajstić information content (AvgIpc) is 3.13. The molecule has 6 nitrogen and oxygen atoms in total. The second-order valence-electron chi connectivity index (χ2n) is 6.90. The van der Waals surface area contributed by atoms with Gasteiger partial charge in [-0.2, -0.15) is 0 Å². The Hall–Kier alpha value is -3.23. The van der Waals surface area contributed by atoms with Gasteiger partial charge in [-0.25, -0.2) is 9.78 Å². The lowest BCUT2D eigenvalue weighted by atomic mass is 9.97. The molecule has 1 fully saturated rings. The van der Waals surface area contributed by atoms with Crippen molar-refractivity contribution in [2.24, 2.45) is 0 Å². The summed E-state index contributed by atoms with van der Waals surface area (Å²) in [5.41, 5.74) is 1.77. The summed E-state index contributed by atoms with van der Waals surface area (Å²) in [6.07, 6.45) is -3.19. The molecule has 0 bridgehead atoms. The van der Waals surface area contributed by atoms with Gasteiger partial charge in [-0.1, -0.05) is 24.3 Å². The first kappa shape index (κ1) is 19.1. The average molecular weight is 404 g/mol. The van der Waals surface area contributed by atoms with Gasteiger partial charge in [-0.3, -0.25) is 0 Å². The van der Waals surface area contributed by atoms with Gasteiger partial charge < -0.3 is 19.9 Å². The number of benzene rings is 2. The molecule has 9 heteroatoms. The maximum Gasteiger partial charge on any atom is 0.573 e. The number of likely N-dealkylation sites (tertiary alicyclic amines) is 1.